The van der Waals surface area contributed by atoms with Gasteiger partial charge in [0.25, 0.3) is 0 Å². The normalized spacial score (nSPS) is 10.4. The Kier molecular flexibility index (Phi) is 5.52. The maximum absolute atomic E-state index is 13.7. The molecule has 0 saturated heterocycles. The van der Waals surface area contributed by atoms with Crippen LogP contribution in [0, 0.1) is 11.6 Å². The first-order valence-corrected chi connectivity index (χ1v) is 7.92. The third kappa shape index (κ3) is 4.62. The van der Waals surface area contributed by atoms with Crippen LogP contribution < -0.4 is 15.4 Å². The Morgan fingerprint density at radius 1 is 1.08 bits per heavy atom. The van der Waals surface area contributed by atoms with Crippen molar-refractivity contribution in [2.75, 3.05) is 24.3 Å². The van der Waals surface area contributed by atoms with Gasteiger partial charge in [-0.2, -0.15) is 10.1 Å². The van der Waals surface area contributed by atoms with Crippen molar-refractivity contribution in [2.24, 2.45) is 0 Å². The highest BCUT2D eigenvalue weighted by Gasteiger charge is 2.06. The Bertz CT molecular complexity index is 874. The van der Waals surface area contributed by atoms with Crippen molar-refractivity contribution in [3.63, 3.8) is 0 Å². The zero-order chi connectivity index (χ0) is 18.4. The lowest BCUT2D eigenvalue weighted by Crippen LogP contribution is -2.10. The van der Waals surface area contributed by atoms with Gasteiger partial charge in [0.1, 0.15) is 17.4 Å². The summed E-state index contributed by atoms with van der Waals surface area (Å²) in [5.74, 6) is 0.0666. The molecule has 3 aromatic rings. The molecule has 8 heteroatoms. The van der Waals surface area contributed by atoms with Gasteiger partial charge in [0.2, 0.25) is 5.95 Å². The molecule has 3 rings (SSSR count). The highest BCUT2D eigenvalue weighted by Crippen LogP contribution is 2.19. The fraction of sp³-hybridized carbons (Fsp3) is 0.167. The number of nitrogens with zero attached hydrogens (tertiary/aromatic N) is 3. The highest BCUT2D eigenvalue weighted by molar-refractivity contribution is 5.56. The van der Waals surface area contributed by atoms with Crippen molar-refractivity contribution >= 4 is 17.5 Å². The molecule has 0 unspecified atom stereocenters. The zero-order valence-corrected chi connectivity index (χ0v) is 14.0. The van der Waals surface area contributed by atoms with Crippen LogP contribution in [0.15, 0.2) is 48.7 Å². The molecule has 134 valence electrons. The van der Waals surface area contributed by atoms with E-state index in [2.05, 4.69) is 25.8 Å². The Balaban J connectivity index is 1.58. The van der Waals surface area contributed by atoms with E-state index in [1.807, 2.05) is 24.3 Å². The summed E-state index contributed by atoms with van der Waals surface area (Å²) in [5.41, 5.74) is 1.24. The number of rotatable bonds is 7. The summed E-state index contributed by atoms with van der Waals surface area (Å²) in [6.07, 6.45) is 2.12. The number of halogens is 2. The smallest absolute Gasteiger partial charge is 0.244 e. The van der Waals surface area contributed by atoms with Gasteiger partial charge >= 0.3 is 0 Å². The van der Waals surface area contributed by atoms with Gasteiger partial charge < -0.3 is 15.4 Å². The number of hydrogen-bond donors (Lipinski definition) is 2. The van der Waals surface area contributed by atoms with Gasteiger partial charge in [-0.25, -0.2) is 8.78 Å². The van der Waals surface area contributed by atoms with Crippen molar-refractivity contribution in [1.82, 2.24) is 15.2 Å². The van der Waals surface area contributed by atoms with Gasteiger partial charge in [-0.3, -0.25) is 0 Å². The van der Waals surface area contributed by atoms with Crippen LogP contribution in [0.2, 0.25) is 0 Å². The fourth-order valence-electron chi connectivity index (χ4n) is 2.28. The summed E-state index contributed by atoms with van der Waals surface area (Å²) in [6, 6.07) is 11.0. The first-order valence-electron chi connectivity index (χ1n) is 7.92. The minimum Gasteiger partial charge on any atom is -0.497 e. The highest BCUT2D eigenvalue weighted by atomic mass is 19.1. The number of benzene rings is 2. The van der Waals surface area contributed by atoms with Crippen LogP contribution in [0.3, 0.4) is 0 Å². The van der Waals surface area contributed by atoms with E-state index >= 15 is 0 Å². The Hall–Kier alpha value is -3.29. The van der Waals surface area contributed by atoms with Crippen LogP contribution in [0.5, 0.6) is 5.75 Å². The second-order valence-electron chi connectivity index (χ2n) is 5.44. The molecule has 2 aromatic carbocycles. The molecule has 0 amide bonds. The zero-order valence-electron chi connectivity index (χ0n) is 14.0. The summed E-state index contributed by atoms with van der Waals surface area (Å²) in [6.45, 7) is 0.600. The fourth-order valence-corrected chi connectivity index (χ4v) is 2.28. The van der Waals surface area contributed by atoms with E-state index in [0.717, 1.165) is 29.9 Å². The van der Waals surface area contributed by atoms with E-state index in [0.29, 0.717) is 18.3 Å². The van der Waals surface area contributed by atoms with Crippen LogP contribution in [0.25, 0.3) is 0 Å². The van der Waals surface area contributed by atoms with Crippen LogP contribution in [0.4, 0.5) is 26.2 Å². The van der Waals surface area contributed by atoms with Gasteiger partial charge in [0, 0.05) is 12.6 Å². The lowest BCUT2D eigenvalue weighted by atomic mass is 10.1. The number of ether oxygens (including phenoxy) is 1. The Labute approximate surface area is 149 Å². The molecule has 6 nitrogen and oxygen atoms in total. The van der Waals surface area contributed by atoms with Crippen LogP contribution in [0.1, 0.15) is 5.56 Å². The SMILES string of the molecule is COc1ccc(CCNc2nncc(Nc3ccc(F)cc3F)n2)cc1. The molecule has 2 N–H and O–H groups in total. The maximum Gasteiger partial charge on any atom is 0.244 e. The summed E-state index contributed by atoms with van der Waals surface area (Å²) in [7, 11) is 1.62. The largest absolute Gasteiger partial charge is 0.497 e. The molecule has 0 saturated carbocycles. The lowest BCUT2D eigenvalue weighted by molar-refractivity contribution is 0.414. The van der Waals surface area contributed by atoms with Crippen LogP contribution in [-0.2, 0) is 6.42 Å². The van der Waals surface area contributed by atoms with E-state index in [4.69, 9.17) is 4.74 Å². The van der Waals surface area contributed by atoms with Crippen molar-refractivity contribution < 1.29 is 13.5 Å². The standard InChI is InChI=1S/C18H17F2N5O/c1-26-14-5-2-12(3-6-14)8-9-21-18-24-17(11-22-25-18)23-16-7-4-13(19)10-15(16)20/h2-7,10-11H,8-9H2,1H3,(H2,21,23,24,25). The minimum atomic E-state index is -0.711. The third-order valence-electron chi connectivity index (χ3n) is 3.61. The Morgan fingerprint density at radius 3 is 2.62 bits per heavy atom. The van der Waals surface area contributed by atoms with E-state index in [1.165, 1.54) is 12.3 Å². The van der Waals surface area contributed by atoms with Crippen LogP contribution in [-0.4, -0.2) is 28.8 Å². The molecule has 1 heterocycles. The molecular formula is C18H17F2N5O. The molecule has 0 aliphatic heterocycles. The number of nitrogens with one attached hydrogen (secondary N) is 2. The van der Waals surface area contributed by atoms with Gasteiger partial charge in [-0.05, 0) is 36.2 Å². The molecule has 0 radical (unpaired) electrons. The molecule has 0 atom stereocenters. The summed E-state index contributed by atoms with van der Waals surface area (Å²) < 4.78 is 31.8. The summed E-state index contributed by atoms with van der Waals surface area (Å²) in [5, 5.41) is 13.5. The average molecular weight is 357 g/mol. The second kappa shape index (κ2) is 8.19. The van der Waals surface area contributed by atoms with Gasteiger partial charge in [0.15, 0.2) is 5.82 Å². The predicted molar refractivity (Wildman–Crippen MR) is 94.7 cm³/mol. The topological polar surface area (TPSA) is 72.0 Å². The van der Waals surface area contributed by atoms with Gasteiger partial charge in [-0.1, -0.05) is 12.1 Å². The van der Waals surface area contributed by atoms with Crippen LogP contribution >= 0.6 is 0 Å². The second-order valence-corrected chi connectivity index (χ2v) is 5.44. The first kappa shape index (κ1) is 17.5. The van der Waals surface area contributed by atoms with Crippen molar-refractivity contribution in [2.45, 2.75) is 6.42 Å². The number of aromatic nitrogens is 3. The van der Waals surface area contributed by atoms with E-state index in [1.54, 1.807) is 7.11 Å². The molecule has 0 fully saturated rings. The van der Waals surface area contributed by atoms with Crippen molar-refractivity contribution in [1.29, 1.82) is 0 Å². The molecule has 0 aliphatic rings. The lowest BCUT2D eigenvalue weighted by Gasteiger charge is -2.08. The van der Waals surface area contributed by atoms with E-state index in [-0.39, 0.29) is 5.69 Å². The molecule has 26 heavy (non-hydrogen) atoms. The van der Waals surface area contributed by atoms with Gasteiger partial charge in [-0.15, -0.1) is 5.10 Å². The van der Waals surface area contributed by atoms with Crippen molar-refractivity contribution in [3.05, 3.63) is 65.9 Å². The first-order chi connectivity index (χ1) is 12.6. The van der Waals surface area contributed by atoms with Gasteiger partial charge in [0.05, 0.1) is 19.0 Å². The number of anilines is 3. The van der Waals surface area contributed by atoms with E-state index in [9.17, 15) is 8.78 Å². The molecule has 0 bridgehead atoms. The average Bonchev–Trinajstić information content (AvgIpc) is 2.65. The molecular weight excluding hydrogens is 340 g/mol. The van der Waals surface area contributed by atoms with Crippen molar-refractivity contribution in [3.8, 4) is 5.75 Å². The predicted octanol–water partition coefficient (Wildman–Crippen LogP) is 3.56. The molecule has 1 aromatic heterocycles. The summed E-state index contributed by atoms with van der Waals surface area (Å²) >= 11 is 0. The number of methoxy groups -OCH3 is 1. The number of hydrogen-bond acceptors (Lipinski definition) is 6. The molecule has 0 spiro atoms. The molecule has 0 aliphatic carbocycles. The minimum absolute atomic E-state index is 0.107. The summed E-state index contributed by atoms with van der Waals surface area (Å²) in [4.78, 5) is 4.21. The van der Waals surface area contributed by atoms with E-state index < -0.39 is 11.6 Å². The maximum atomic E-state index is 13.7. The third-order valence-corrected chi connectivity index (χ3v) is 3.61. The quantitative estimate of drug-likeness (QED) is 0.674. The monoisotopic (exact) mass is 357 g/mol. The Morgan fingerprint density at radius 2 is 1.88 bits per heavy atom.